The van der Waals surface area contributed by atoms with E-state index < -0.39 is 17.5 Å². The van der Waals surface area contributed by atoms with Gasteiger partial charge in [0, 0.05) is 10.8 Å². The second-order valence-corrected chi connectivity index (χ2v) is 5.94. The number of carboxylic acids is 1. The van der Waals surface area contributed by atoms with Crippen LogP contribution in [0.5, 0.6) is 0 Å². The molecule has 0 aliphatic carbocycles. The number of carbonyl (C=O) groups is 2. The second-order valence-electron chi connectivity index (χ2n) is 5.03. The molecule has 2 aromatic heterocycles. The summed E-state index contributed by atoms with van der Waals surface area (Å²) in [6.45, 7) is 1.80. The van der Waals surface area contributed by atoms with Gasteiger partial charge in [-0.15, -0.1) is 11.3 Å². The van der Waals surface area contributed by atoms with E-state index in [1.54, 1.807) is 12.3 Å². The maximum atomic E-state index is 12.8. The molecule has 2 heterocycles. The van der Waals surface area contributed by atoms with Crippen molar-refractivity contribution >= 4 is 39.0 Å². The van der Waals surface area contributed by atoms with Gasteiger partial charge in [-0.25, -0.2) is 9.59 Å². The molecule has 128 valence electrons. The van der Waals surface area contributed by atoms with E-state index in [1.165, 1.54) is 24.3 Å². The van der Waals surface area contributed by atoms with Gasteiger partial charge in [0.1, 0.15) is 0 Å². The summed E-state index contributed by atoms with van der Waals surface area (Å²) < 4.78 is 5.95. The highest BCUT2D eigenvalue weighted by atomic mass is 32.1. The lowest BCUT2D eigenvalue weighted by atomic mass is 10.2. The molecule has 0 unspecified atom stereocenters. The molecule has 0 bridgehead atoms. The molecule has 0 aliphatic rings. The first-order valence-corrected chi connectivity index (χ1v) is 8.12. The molecule has 25 heavy (non-hydrogen) atoms. The summed E-state index contributed by atoms with van der Waals surface area (Å²) in [5, 5.41) is 15.5. The number of nitrogen functional groups attached to an aromatic ring is 1. The first-order chi connectivity index (χ1) is 11.9. The Morgan fingerprint density at radius 2 is 2.16 bits per heavy atom. The summed E-state index contributed by atoms with van der Waals surface area (Å²) in [7, 11) is 0. The molecule has 3 rings (SSSR count). The summed E-state index contributed by atoms with van der Waals surface area (Å²) in [5.74, 6) is -1.83. The Labute approximate surface area is 145 Å². The average molecular weight is 359 g/mol. The molecule has 8 nitrogen and oxygen atoms in total. The summed E-state index contributed by atoms with van der Waals surface area (Å²) in [4.78, 5) is 36.1. The van der Waals surface area contributed by atoms with Crippen LogP contribution in [0.3, 0.4) is 0 Å². The first-order valence-electron chi connectivity index (χ1n) is 7.25. The Morgan fingerprint density at radius 3 is 2.84 bits per heavy atom. The molecular weight excluding hydrogens is 346 g/mol. The van der Waals surface area contributed by atoms with E-state index in [-0.39, 0.29) is 33.9 Å². The van der Waals surface area contributed by atoms with Gasteiger partial charge in [0.05, 0.1) is 28.2 Å². The number of aromatic carboxylic acids is 1. The predicted molar refractivity (Wildman–Crippen MR) is 92.5 cm³/mol. The average Bonchev–Trinajstić information content (AvgIpc) is 2.98. The number of carboxylic acid groups (broad SMARTS) is 1. The Bertz CT molecular complexity index is 1050. The minimum atomic E-state index is -1.14. The van der Waals surface area contributed by atoms with Gasteiger partial charge < -0.3 is 15.6 Å². The molecule has 9 heteroatoms. The standard InChI is InChI=1S/C16H13N3O5S/c1-2-24-16(23)12-10-7-25-13(17)11(10)14(20)19(18-12)9-5-3-4-8(6-9)15(21)22/h3-7H,2,17H2,1H3,(H,21,22). The van der Waals surface area contributed by atoms with Crippen LogP contribution in [0.1, 0.15) is 27.8 Å². The van der Waals surface area contributed by atoms with Crippen LogP contribution in [-0.4, -0.2) is 33.4 Å². The van der Waals surface area contributed by atoms with Crippen molar-refractivity contribution in [2.75, 3.05) is 12.3 Å². The van der Waals surface area contributed by atoms with Gasteiger partial charge in [-0.2, -0.15) is 9.78 Å². The Hall–Kier alpha value is -3.20. The third kappa shape index (κ3) is 2.85. The van der Waals surface area contributed by atoms with Gasteiger partial charge in [-0.1, -0.05) is 6.07 Å². The smallest absolute Gasteiger partial charge is 0.359 e. The molecule has 0 saturated carbocycles. The molecule has 0 aliphatic heterocycles. The molecular formula is C16H13N3O5S. The summed E-state index contributed by atoms with van der Waals surface area (Å²) >= 11 is 1.12. The fourth-order valence-electron chi connectivity index (χ4n) is 2.37. The van der Waals surface area contributed by atoms with Crippen LogP contribution >= 0.6 is 11.3 Å². The largest absolute Gasteiger partial charge is 0.478 e. The van der Waals surface area contributed by atoms with Crippen LogP contribution in [0.4, 0.5) is 5.00 Å². The summed E-state index contributed by atoms with van der Waals surface area (Å²) in [5.41, 5.74) is 5.49. The van der Waals surface area contributed by atoms with Crippen molar-refractivity contribution in [2.45, 2.75) is 6.92 Å². The number of nitrogens with two attached hydrogens (primary N) is 1. The number of rotatable bonds is 4. The van der Waals surface area contributed by atoms with Crippen molar-refractivity contribution in [1.82, 2.24) is 9.78 Å². The molecule has 0 atom stereocenters. The maximum Gasteiger partial charge on any atom is 0.359 e. The van der Waals surface area contributed by atoms with Gasteiger partial charge >= 0.3 is 11.9 Å². The highest BCUT2D eigenvalue weighted by molar-refractivity contribution is 7.15. The van der Waals surface area contributed by atoms with Crippen molar-refractivity contribution in [3.05, 3.63) is 51.3 Å². The molecule has 1 aromatic carbocycles. The topological polar surface area (TPSA) is 125 Å². The molecule has 3 N–H and O–H groups in total. The number of aromatic nitrogens is 2. The van der Waals surface area contributed by atoms with E-state index in [4.69, 9.17) is 15.6 Å². The van der Waals surface area contributed by atoms with E-state index in [9.17, 15) is 14.4 Å². The van der Waals surface area contributed by atoms with Crippen LogP contribution in [0, 0.1) is 0 Å². The highest BCUT2D eigenvalue weighted by Gasteiger charge is 2.21. The number of hydrogen-bond donors (Lipinski definition) is 2. The van der Waals surface area contributed by atoms with Crippen LogP contribution in [0.2, 0.25) is 0 Å². The number of anilines is 1. The molecule has 3 aromatic rings. The number of thiophene rings is 1. The van der Waals surface area contributed by atoms with Gasteiger partial charge in [0.25, 0.3) is 5.56 Å². The minimum Gasteiger partial charge on any atom is -0.478 e. The van der Waals surface area contributed by atoms with Crippen molar-refractivity contribution in [2.24, 2.45) is 0 Å². The van der Waals surface area contributed by atoms with Gasteiger partial charge in [0.2, 0.25) is 0 Å². The van der Waals surface area contributed by atoms with Crippen molar-refractivity contribution < 1.29 is 19.4 Å². The highest BCUT2D eigenvalue weighted by Crippen LogP contribution is 2.27. The second kappa shape index (κ2) is 6.36. The van der Waals surface area contributed by atoms with E-state index in [0.29, 0.717) is 5.39 Å². The number of nitrogens with zero attached hydrogens (tertiary/aromatic N) is 2. The summed E-state index contributed by atoms with van der Waals surface area (Å²) in [6, 6.07) is 5.68. The Kier molecular flexibility index (Phi) is 4.24. The third-order valence-electron chi connectivity index (χ3n) is 3.49. The quantitative estimate of drug-likeness (QED) is 0.682. The normalized spacial score (nSPS) is 10.8. The molecule has 0 saturated heterocycles. The number of carbonyl (C=O) groups excluding carboxylic acids is 1. The maximum absolute atomic E-state index is 12.8. The van der Waals surface area contributed by atoms with E-state index >= 15 is 0 Å². The lowest BCUT2D eigenvalue weighted by molar-refractivity contribution is 0.0519. The number of hydrogen-bond acceptors (Lipinski definition) is 7. The zero-order chi connectivity index (χ0) is 18.1. The lowest BCUT2D eigenvalue weighted by Crippen LogP contribution is -2.25. The van der Waals surface area contributed by atoms with Gasteiger partial charge in [-0.3, -0.25) is 4.79 Å². The van der Waals surface area contributed by atoms with Crippen LogP contribution < -0.4 is 11.3 Å². The predicted octanol–water partition coefficient (Wildman–Crippen LogP) is 1.90. The lowest BCUT2D eigenvalue weighted by Gasteiger charge is -2.09. The van der Waals surface area contributed by atoms with E-state index in [0.717, 1.165) is 16.0 Å². The Morgan fingerprint density at radius 1 is 1.40 bits per heavy atom. The van der Waals surface area contributed by atoms with Crippen molar-refractivity contribution in [1.29, 1.82) is 0 Å². The number of ether oxygens (including phenoxy) is 1. The van der Waals surface area contributed by atoms with Crippen LogP contribution in [0.15, 0.2) is 34.4 Å². The summed E-state index contributed by atoms with van der Waals surface area (Å²) in [6.07, 6.45) is 0. The number of benzene rings is 1. The van der Waals surface area contributed by atoms with Crippen LogP contribution in [-0.2, 0) is 4.74 Å². The Balaban J connectivity index is 2.32. The third-order valence-corrected chi connectivity index (χ3v) is 4.30. The van der Waals surface area contributed by atoms with Crippen LogP contribution in [0.25, 0.3) is 16.5 Å². The van der Waals surface area contributed by atoms with Gasteiger partial charge in [-0.05, 0) is 25.1 Å². The first kappa shape index (κ1) is 16.7. The van der Waals surface area contributed by atoms with E-state index in [2.05, 4.69) is 5.10 Å². The fraction of sp³-hybridized carbons (Fsp3) is 0.125. The molecule has 0 fully saturated rings. The number of fused-ring (bicyclic) bond motifs is 1. The fourth-order valence-corrected chi connectivity index (χ4v) is 3.16. The van der Waals surface area contributed by atoms with Crippen molar-refractivity contribution in [3.8, 4) is 5.69 Å². The minimum absolute atomic E-state index is 0.0118. The van der Waals surface area contributed by atoms with Gasteiger partial charge in [0.15, 0.2) is 5.69 Å². The zero-order valence-corrected chi connectivity index (χ0v) is 13.9. The SMILES string of the molecule is CCOC(=O)c1nn(-c2cccc(C(=O)O)c2)c(=O)c2c(N)scc12. The molecule has 0 radical (unpaired) electrons. The molecule has 0 spiro atoms. The van der Waals surface area contributed by atoms with Crippen molar-refractivity contribution in [3.63, 3.8) is 0 Å². The van der Waals surface area contributed by atoms with E-state index in [1.807, 2.05) is 0 Å². The monoisotopic (exact) mass is 359 g/mol. The molecule has 0 amide bonds. The number of esters is 1. The zero-order valence-electron chi connectivity index (χ0n) is 13.1.